The topological polar surface area (TPSA) is 98.8 Å². The molecule has 2 heterocycles. The molecule has 0 saturated carbocycles. The van der Waals surface area contributed by atoms with Gasteiger partial charge in [-0.25, -0.2) is 4.79 Å². The fourth-order valence-corrected chi connectivity index (χ4v) is 4.02. The van der Waals surface area contributed by atoms with E-state index < -0.39 is 30.1 Å². The first-order valence-electron chi connectivity index (χ1n) is 11.4. The maximum atomic E-state index is 13.2. The molecule has 0 aromatic heterocycles. The summed E-state index contributed by atoms with van der Waals surface area (Å²) < 4.78 is 38.9. The Kier molecular flexibility index (Phi) is 9.07. The van der Waals surface area contributed by atoms with Gasteiger partial charge in [-0.2, -0.15) is 0 Å². The molecule has 0 unspecified atom stereocenters. The van der Waals surface area contributed by atoms with Gasteiger partial charge in [0.15, 0.2) is 25.2 Å². The SMILES string of the molecule is COCOc1cc2c(c(OCOC)c1)C(=O)O[C@@H](C)CCCC(=O)[C@@H]1OC(C)(C)O[C@@H]1C/C=C/2. The Hall–Kier alpha value is -2.46. The first kappa shape index (κ1) is 26.2. The fraction of sp³-hybridized carbons (Fsp3) is 0.600. The van der Waals surface area contributed by atoms with E-state index >= 15 is 0 Å². The van der Waals surface area contributed by atoms with Crippen LogP contribution in [0.4, 0.5) is 0 Å². The summed E-state index contributed by atoms with van der Waals surface area (Å²) in [5.74, 6) is -0.661. The number of benzene rings is 1. The normalized spacial score (nSPS) is 26.1. The van der Waals surface area contributed by atoms with Gasteiger partial charge in [0.1, 0.15) is 23.2 Å². The highest BCUT2D eigenvalue weighted by Gasteiger charge is 2.44. The second-order valence-electron chi connectivity index (χ2n) is 8.79. The Morgan fingerprint density at radius 3 is 2.53 bits per heavy atom. The van der Waals surface area contributed by atoms with Crippen LogP contribution in [-0.2, 0) is 28.5 Å². The number of fused-ring (bicyclic) bond motifs is 2. The van der Waals surface area contributed by atoms with Crippen LogP contribution in [0.5, 0.6) is 11.5 Å². The average molecular weight is 479 g/mol. The first-order chi connectivity index (χ1) is 16.2. The van der Waals surface area contributed by atoms with Crippen molar-refractivity contribution in [2.24, 2.45) is 0 Å². The van der Waals surface area contributed by atoms with E-state index in [9.17, 15) is 9.59 Å². The molecule has 1 aromatic carbocycles. The van der Waals surface area contributed by atoms with Crippen LogP contribution < -0.4 is 9.47 Å². The molecule has 0 amide bonds. The van der Waals surface area contributed by atoms with E-state index in [1.165, 1.54) is 14.2 Å². The Labute approximate surface area is 200 Å². The Bertz CT molecular complexity index is 893. The predicted molar refractivity (Wildman–Crippen MR) is 123 cm³/mol. The zero-order valence-corrected chi connectivity index (χ0v) is 20.5. The minimum absolute atomic E-state index is 0.00883. The van der Waals surface area contributed by atoms with Crippen molar-refractivity contribution in [3.05, 3.63) is 29.3 Å². The number of hydrogen-bond acceptors (Lipinski definition) is 9. The monoisotopic (exact) mass is 478 g/mol. The third-order valence-corrected chi connectivity index (χ3v) is 5.49. The average Bonchev–Trinajstić information content (AvgIpc) is 3.09. The highest BCUT2D eigenvalue weighted by molar-refractivity contribution is 5.97. The Balaban J connectivity index is 2.01. The molecule has 188 valence electrons. The predicted octanol–water partition coefficient (Wildman–Crippen LogP) is 3.87. The van der Waals surface area contributed by atoms with Crippen LogP contribution in [0.25, 0.3) is 6.08 Å². The van der Waals surface area contributed by atoms with Crippen molar-refractivity contribution >= 4 is 17.8 Å². The summed E-state index contributed by atoms with van der Waals surface area (Å²) >= 11 is 0. The molecule has 9 heteroatoms. The number of cyclic esters (lactones) is 1. The van der Waals surface area contributed by atoms with Crippen LogP contribution >= 0.6 is 0 Å². The minimum Gasteiger partial charge on any atom is -0.467 e. The number of methoxy groups -OCH3 is 2. The lowest BCUT2D eigenvalue weighted by Crippen LogP contribution is -2.31. The van der Waals surface area contributed by atoms with Gasteiger partial charge in [0, 0.05) is 26.7 Å². The third kappa shape index (κ3) is 6.79. The number of Topliss-reactive ketones (excluding diaryl/α,β-unsaturated/α-hetero) is 1. The lowest BCUT2D eigenvalue weighted by molar-refractivity contribution is -0.154. The van der Waals surface area contributed by atoms with Crippen molar-refractivity contribution < 1.29 is 42.7 Å². The van der Waals surface area contributed by atoms with Crippen LogP contribution in [0, 0.1) is 0 Å². The molecule has 2 aliphatic rings. The van der Waals surface area contributed by atoms with Gasteiger partial charge in [-0.3, -0.25) is 4.79 Å². The number of ketones is 1. The van der Waals surface area contributed by atoms with Crippen molar-refractivity contribution in [3.8, 4) is 11.5 Å². The maximum absolute atomic E-state index is 13.2. The van der Waals surface area contributed by atoms with E-state index in [4.69, 9.17) is 33.2 Å². The van der Waals surface area contributed by atoms with Gasteiger partial charge in [-0.1, -0.05) is 12.2 Å². The second kappa shape index (κ2) is 11.8. The minimum atomic E-state index is -0.848. The van der Waals surface area contributed by atoms with Gasteiger partial charge in [0.05, 0.1) is 12.2 Å². The fourth-order valence-electron chi connectivity index (χ4n) is 4.02. The summed E-state index contributed by atoms with van der Waals surface area (Å²) in [7, 11) is 3.01. The molecule has 3 rings (SSSR count). The molecule has 2 aliphatic heterocycles. The Morgan fingerprint density at radius 2 is 1.79 bits per heavy atom. The number of carbonyl (C=O) groups is 2. The van der Waals surface area contributed by atoms with E-state index in [1.807, 2.05) is 6.08 Å². The largest absolute Gasteiger partial charge is 0.467 e. The number of carbonyl (C=O) groups excluding carboxylic acids is 2. The van der Waals surface area contributed by atoms with Crippen molar-refractivity contribution in [2.45, 2.75) is 70.6 Å². The van der Waals surface area contributed by atoms with E-state index in [0.717, 1.165) is 0 Å². The highest BCUT2D eigenvalue weighted by atomic mass is 16.8. The van der Waals surface area contributed by atoms with Crippen LogP contribution in [0.2, 0.25) is 0 Å². The molecule has 3 atom stereocenters. The summed E-state index contributed by atoms with van der Waals surface area (Å²) in [6.07, 6.45) is 4.00. The molecule has 9 nitrogen and oxygen atoms in total. The second-order valence-corrected chi connectivity index (χ2v) is 8.79. The molecule has 0 radical (unpaired) electrons. The number of rotatable bonds is 6. The molecular formula is C25H34O9. The van der Waals surface area contributed by atoms with Gasteiger partial charge < -0.3 is 33.2 Å². The van der Waals surface area contributed by atoms with Crippen molar-refractivity contribution in [3.63, 3.8) is 0 Å². The van der Waals surface area contributed by atoms with Gasteiger partial charge in [0.2, 0.25) is 0 Å². The smallest absolute Gasteiger partial charge is 0.342 e. The van der Waals surface area contributed by atoms with Crippen LogP contribution in [0.3, 0.4) is 0 Å². The standard InChI is InChI=1S/C25H34O9/c1-16-8-6-10-19(26)23-20(33-25(2,3)34-23)11-7-9-17-12-18(30-14-28-4)13-21(31-15-29-5)22(17)24(27)32-16/h7,9,12-13,16,20,23H,6,8,10-11,14-15H2,1-5H3/b9-7+/t16-,20+,23-/m0/s1. The van der Waals surface area contributed by atoms with E-state index in [1.54, 1.807) is 39.0 Å². The molecule has 1 saturated heterocycles. The van der Waals surface area contributed by atoms with Gasteiger partial charge in [-0.05, 0) is 51.7 Å². The zero-order chi connectivity index (χ0) is 24.7. The summed E-state index contributed by atoms with van der Waals surface area (Å²) in [6.45, 7) is 5.37. The van der Waals surface area contributed by atoms with Crippen molar-refractivity contribution in [1.29, 1.82) is 0 Å². The van der Waals surface area contributed by atoms with Gasteiger partial charge in [0.25, 0.3) is 0 Å². The molecule has 0 bridgehead atoms. The van der Waals surface area contributed by atoms with E-state index in [0.29, 0.717) is 37.0 Å². The molecule has 1 fully saturated rings. The van der Waals surface area contributed by atoms with E-state index in [2.05, 4.69) is 0 Å². The van der Waals surface area contributed by atoms with Crippen molar-refractivity contribution in [2.75, 3.05) is 27.8 Å². The molecule has 1 aromatic rings. The molecule has 34 heavy (non-hydrogen) atoms. The Morgan fingerprint density at radius 1 is 1.06 bits per heavy atom. The number of esters is 1. The van der Waals surface area contributed by atoms with Crippen LogP contribution in [-0.4, -0.2) is 63.7 Å². The van der Waals surface area contributed by atoms with Gasteiger partial charge in [-0.15, -0.1) is 0 Å². The summed E-state index contributed by atoms with van der Waals surface area (Å²) in [6, 6.07) is 3.31. The quantitative estimate of drug-likeness (QED) is 0.446. The van der Waals surface area contributed by atoms with E-state index in [-0.39, 0.29) is 30.7 Å². The molecule has 0 spiro atoms. The molecule has 0 N–H and O–H groups in total. The lowest BCUT2D eigenvalue weighted by atomic mass is 9.99. The van der Waals surface area contributed by atoms with Crippen LogP contribution in [0.1, 0.15) is 62.4 Å². The van der Waals surface area contributed by atoms with Crippen LogP contribution in [0.15, 0.2) is 18.2 Å². The van der Waals surface area contributed by atoms with Crippen molar-refractivity contribution in [1.82, 2.24) is 0 Å². The third-order valence-electron chi connectivity index (χ3n) is 5.49. The first-order valence-corrected chi connectivity index (χ1v) is 11.4. The lowest BCUT2D eigenvalue weighted by Gasteiger charge is -2.19. The zero-order valence-electron chi connectivity index (χ0n) is 20.5. The highest BCUT2D eigenvalue weighted by Crippen LogP contribution is 2.34. The number of ether oxygens (including phenoxy) is 7. The maximum Gasteiger partial charge on any atom is 0.342 e. The molecule has 0 aliphatic carbocycles. The van der Waals surface area contributed by atoms with Gasteiger partial charge >= 0.3 is 5.97 Å². The molecular weight excluding hydrogens is 444 g/mol. The summed E-state index contributed by atoms with van der Waals surface area (Å²) in [5, 5.41) is 0. The number of hydrogen-bond donors (Lipinski definition) is 0. The summed E-state index contributed by atoms with van der Waals surface area (Å²) in [5.41, 5.74) is 0.800. The summed E-state index contributed by atoms with van der Waals surface area (Å²) in [4.78, 5) is 26.0.